The second-order valence-electron chi connectivity index (χ2n) is 6.72. The summed E-state index contributed by atoms with van der Waals surface area (Å²) in [5.74, 6) is -1.29. The van der Waals surface area contributed by atoms with Crippen molar-refractivity contribution in [2.75, 3.05) is 13.2 Å². The molecule has 0 aliphatic carbocycles. The Bertz CT molecular complexity index is 1230. The fourth-order valence-electron chi connectivity index (χ4n) is 3.04. The number of ether oxygens (including phenoxy) is 2. The zero-order chi connectivity index (χ0) is 22.0. The van der Waals surface area contributed by atoms with Crippen LogP contribution < -0.4 is 9.47 Å². The first-order chi connectivity index (χ1) is 15.0. The van der Waals surface area contributed by atoms with Gasteiger partial charge in [0.1, 0.15) is 35.7 Å². The van der Waals surface area contributed by atoms with Crippen LogP contribution in [0.3, 0.4) is 0 Å². The smallest absolute Gasteiger partial charge is 0.168 e. The predicted octanol–water partition coefficient (Wildman–Crippen LogP) is 4.69. The van der Waals surface area contributed by atoms with Gasteiger partial charge in [0.2, 0.25) is 0 Å². The molecule has 0 aliphatic rings. The number of aromatic nitrogens is 2. The van der Waals surface area contributed by atoms with Crippen LogP contribution in [-0.2, 0) is 0 Å². The Morgan fingerprint density at radius 2 is 1.87 bits per heavy atom. The molecule has 0 bridgehead atoms. The van der Waals surface area contributed by atoms with E-state index in [1.807, 2.05) is 6.07 Å². The van der Waals surface area contributed by atoms with Gasteiger partial charge >= 0.3 is 0 Å². The third kappa shape index (κ3) is 4.46. The molecule has 0 amide bonds. The van der Waals surface area contributed by atoms with E-state index in [9.17, 15) is 13.9 Å². The average molecular weight is 447 g/mol. The van der Waals surface area contributed by atoms with E-state index in [4.69, 9.17) is 26.2 Å². The van der Waals surface area contributed by atoms with E-state index in [1.54, 1.807) is 24.3 Å². The second kappa shape index (κ2) is 8.89. The van der Waals surface area contributed by atoms with Crippen LogP contribution in [0, 0.1) is 11.6 Å². The number of halogens is 3. The van der Waals surface area contributed by atoms with Gasteiger partial charge in [-0.25, -0.2) is 8.78 Å². The lowest BCUT2D eigenvalue weighted by Gasteiger charge is -2.14. The first kappa shape index (κ1) is 21.0. The molecule has 1 unspecified atom stereocenters. The van der Waals surface area contributed by atoms with E-state index in [-0.39, 0.29) is 23.9 Å². The maximum atomic E-state index is 14.0. The molecule has 6 nitrogen and oxygen atoms in total. The number of nitrogens with zero attached hydrogens (tertiary/aromatic N) is 1. The fourth-order valence-corrected chi connectivity index (χ4v) is 3.26. The number of rotatable bonds is 7. The summed E-state index contributed by atoms with van der Waals surface area (Å²) in [4.78, 5) is 0. The van der Waals surface area contributed by atoms with Gasteiger partial charge in [0, 0.05) is 23.8 Å². The molecule has 0 saturated carbocycles. The Morgan fingerprint density at radius 1 is 1.06 bits per heavy atom. The summed E-state index contributed by atoms with van der Waals surface area (Å²) in [6.07, 6.45) is -1.11. The van der Waals surface area contributed by atoms with Crippen LogP contribution in [0.15, 0.2) is 54.6 Å². The van der Waals surface area contributed by atoms with Crippen LogP contribution >= 0.6 is 11.6 Å². The first-order valence-corrected chi connectivity index (χ1v) is 9.65. The molecule has 1 atom stereocenters. The van der Waals surface area contributed by atoms with Crippen molar-refractivity contribution < 1.29 is 28.5 Å². The monoisotopic (exact) mass is 446 g/mol. The van der Waals surface area contributed by atoms with E-state index < -0.39 is 24.3 Å². The van der Waals surface area contributed by atoms with Gasteiger partial charge in [0.15, 0.2) is 11.6 Å². The van der Waals surface area contributed by atoms with Gasteiger partial charge in [-0.1, -0.05) is 29.8 Å². The predicted molar refractivity (Wildman–Crippen MR) is 112 cm³/mol. The number of hydrogen-bond acceptors (Lipinski definition) is 5. The molecule has 1 heterocycles. The second-order valence-corrected chi connectivity index (χ2v) is 7.13. The summed E-state index contributed by atoms with van der Waals surface area (Å²) in [5.41, 5.74) is 1.67. The summed E-state index contributed by atoms with van der Waals surface area (Å²) < 4.78 is 38.5. The maximum absolute atomic E-state index is 14.0. The van der Waals surface area contributed by atoms with Crippen molar-refractivity contribution in [2.45, 2.75) is 6.10 Å². The Labute approximate surface area is 180 Å². The quantitative estimate of drug-likeness (QED) is 0.383. The van der Waals surface area contributed by atoms with Gasteiger partial charge in [0.25, 0.3) is 0 Å². The normalized spacial score (nSPS) is 12.2. The van der Waals surface area contributed by atoms with Crippen LogP contribution in [0.5, 0.6) is 17.2 Å². The van der Waals surface area contributed by atoms with Crippen molar-refractivity contribution >= 4 is 22.5 Å². The number of H-pyrrole nitrogens is 1. The Balaban J connectivity index is 1.80. The number of hydrogen-bond donors (Lipinski definition) is 3. The molecular formula is C22H17ClF2N2O4. The first-order valence-electron chi connectivity index (χ1n) is 9.28. The largest absolute Gasteiger partial charge is 0.490 e. The van der Waals surface area contributed by atoms with Crippen molar-refractivity contribution in [2.24, 2.45) is 0 Å². The lowest BCUT2D eigenvalue weighted by atomic mass is 10.1. The topological polar surface area (TPSA) is 87.6 Å². The maximum Gasteiger partial charge on any atom is 0.168 e. The Morgan fingerprint density at radius 3 is 2.61 bits per heavy atom. The molecule has 0 saturated heterocycles. The molecule has 3 N–H and O–H groups in total. The standard InChI is InChI=1S/C22H17ClF2N2O4/c23-16-4-2-1-3-15(16)22-21-18(26-27-22)8-14(9-20(21)30-11-13(29)10-28)31-19-6-5-12(24)7-17(19)25/h1-9,13,28-29H,10-11H2,(H,26,27). The molecule has 1 aromatic heterocycles. The van der Waals surface area contributed by atoms with Crippen molar-refractivity contribution in [3.63, 3.8) is 0 Å². The highest BCUT2D eigenvalue weighted by molar-refractivity contribution is 6.33. The summed E-state index contributed by atoms with van der Waals surface area (Å²) in [5, 5.41) is 27.0. The highest BCUT2D eigenvalue weighted by Gasteiger charge is 2.19. The fraction of sp³-hybridized carbons (Fsp3) is 0.136. The van der Waals surface area contributed by atoms with Gasteiger partial charge in [-0.05, 0) is 18.2 Å². The Kier molecular flexibility index (Phi) is 6.03. The number of aliphatic hydroxyl groups excluding tert-OH is 2. The van der Waals surface area contributed by atoms with Crippen LogP contribution in [0.4, 0.5) is 8.78 Å². The molecule has 4 aromatic rings. The van der Waals surface area contributed by atoms with Gasteiger partial charge in [-0.3, -0.25) is 5.10 Å². The van der Waals surface area contributed by atoms with Gasteiger partial charge in [0.05, 0.1) is 22.5 Å². The molecule has 4 rings (SSSR count). The minimum absolute atomic E-state index is 0.173. The minimum atomic E-state index is -1.11. The lowest BCUT2D eigenvalue weighted by Crippen LogP contribution is -2.21. The minimum Gasteiger partial charge on any atom is -0.490 e. The number of fused-ring (bicyclic) bond motifs is 1. The highest BCUT2D eigenvalue weighted by atomic mass is 35.5. The Hall–Kier alpha value is -3.20. The van der Waals surface area contributed by atoms with Crippen LogP contribution in [-0.4, -0.2) is 39.7 Å². The summed E-state index contributed by atoms with van der Waals surface area (Å²) >= 11 is 6.32. The van der Waals surface area contributed by atoms with Crippen LogP contribution in [0.25, 0.3) is 22.2 Å². The van der Waals surface area contributed by atoms with Crippen LogP contribution in [0.1, 0.15) is 0 Å². The molecular weight excluding hydrogens is 430 g/mol. The third-order valence-electron chi connectivity index (χ3n) is 4.49. The van der Waals surface area contributed by atoms with Crippen molar-refractivity contribution in [3.8, 4) is 28.5 Å². The molecule has 0 spiro atoms. The van der Waals surface area contributed by atoms with Crippen molar-refractivity contribution in [1.29, 1.82) is 0 Å². The molecule has 9 heteroatoms. The summed E-state index contributed by atoms with van der Waals surface area (Å²) in [6.45, 7) is -0.685. The highest BCUT2D eigenvalue weighted by Crippen LogP contribution is 2.40. The molecule has 31 heavy (non-hydrogen) atoms. The molecule has 160 valence electrons. The third-order valence-corrected chi connectivity index (χ3v) is 4.82. The zero-order valence-electron chi connectivity index (χ0n) is 16.0. The van der Waals surface area contributed by atoms with Crippen LogP contribution in [0.2, 0.25) is 5.02 Å². The molecule has 0 aliphatic heterocycles. The number of aromatic amines is 1. The lowest BCUT2D eigenvalue weighted by molar-refractivity contribution is 0.0540. The molecule has 0 fully saturated rings. The van der Waals surface area contributed by atoms with E-state index in [2.05, 4.69) is 10.2 Å². The van der Waals surface area contributed by atoms with E-state index in [1.165, 1.54) is 12.1 Å². The van der Waals surface area contributed by atoms with Gasteiger partial charge in [-0.2, -0.15) is 5.10 Å². The number of benzene rings is 3. The van der Waals surface area contributed by atoms with Crippen molar-refractivity contribution in [3.05, 3.63) is 71.3 Å². The molecule has 3 aromatic carbocycles. The average Bonchev–Trinajstić information content (AvgIpc) is 3.18. The number of nitrogens with one attached hydrogen (secondary N) is 1. The van der Waals surface area contributed by atoms with Gasteiger partial charge in [-0.15, -0.1) is 0 Å². The van der Waals surface area contributed by atoms with E-state index in [0.717, 1.165) is 6.07 Å². The molecule has 0 radical (unpaired) electrons. The van der Waals surface area contributed by atoms with E-state index in [0.29, 0.717) is 33.2 Å². The van der Waals surface area contributed by atoms with E-state index >= 15 is 0 Å². The van der Waals surface area contributed by atoms with Crippen molar-refractivity contribution in [1.82, 2.24) is 10.2 Å². The van der Waals surface area contributed by atoms with Gasteiger partial charge < -0.3 is 19.7 Å². The zero-order valence-corrected chi connectivity index (χ0v) is 16.7. The summed E-state index contributed by atoms with van der Waals surface area (Å²) in [6, 6.07) is 13.2. The number of aliphatic hydroxyl groups is 2. The summed E-state index contributed by atoms with van der Waals surface area (Å²) in [7, 11) is 0. The SMILES string of the molecule is OCC(O)COc1cc(Oc2ccc(F)cc2F)cc2[nH]nc(-c3ccccc3Cl)c12.